The van der Waals surface area contributed by atoms with Crippen molar-refractivity contribution in [2.75, 3.05) is 11.9 Å². The van der Waals surface area contributed by atoms with Gasteiger partial charge in [-0.3, -0.25) is 10.1 Å². The summed E-state index contributed by atoms with van der Waals surface area (Å²) in [4.78, 5) is 12.4. The number of carbonyl (C=O) groups excluding carboxylic acids is 1. The summed E-state index contributed by atoms with van der Waals surface area (Å²) >= 11 is 0. The number of nitrogens with zero attached hydrogens (tertiary/aromatic N) is 1. The molecule has 1 atom stereocenters. The Balaban J connectivity index is 1.85. The van der Waals surface area contributed by atoms with Crippen molar-refractivity contribution in [3.63, 3.8) is 0 Å². The number of Topliss-reactive ketones (excluding diaryl/α,β-unsaturated/α-hetero) is 1. The third kappa shape index (κ3) is 2.24. The van der Waals surface area contributed by atoms with E-state index in [0.717, 1.165) is 17.9 Å². The molecule has 0 saturated heterocycles. The first-order valence-corrected chi connectivity index (χ1v) is 6.58. The second kappa shape index (κ2) is 4.84. The van der Waals surface area contributed by atoms with E-state index in [0.29, 0.717) is 6.54 Å². The van der Waals surface area contributed by atoms with Crippen molar-refractivity contribution in [2.24, 2.45) is 5.92 Å². The van der Waals surface area contributed by atoms with Crippen molar-refractivity contribution in [2.45, 2.75) is 13.5 Å². The normalized spacial score (nSPS) is 17.4. The Kier molecular flexibility index (Phi) is 3.03. The van der Waals surface area contributed by atoms with E-state index in [9.17, 15) is 4.79 Å². The predicted octanol–water partition coefficient (Wildman–Crippen LogP) is 2.21. The number of hydrogen-bond donors (Lipinski definition) is 1. The molecule has 3 nitrogen and oxygen atoms in total. The van der Waals surface area contributed by atoms with Gasteiger partial charge in [-0.1, -0.05) is 30.3 Å². The molecule has 1 aliphatic rings. The van der Waals surface area contributed by atoms with Crippen molar-refractivity contribution >= 4 is 11.6 Å². The lowest BCUT2D eigenvalue weighted by Crippen LogP contribution is -2.49. The van der Waals surface area contributed by atoms with E-state index in [-0.39, 0.29) is 11.7 Å². The summed E-state index contributed by atoms with van der Waals surface area (Å²) in [6.45, 7) is 3.54. The van der Waals surface area contributed by atoms with Crippen molar-refractivity contribution < 1.29 is 9.36 Å². The van der Waals surface area contributed by atoms with E-state index < -0.39 is 0 Å². The fourth-order valence-corrected chi connectivity index (χ4v) is 2.60. The van der Waals surface area contributed by atoms with Crippen LogP contribution in [0, 0.1) is 12.8 Å². The maximum atomic E-state index is 12.4. The highest BCUT2D eigenvalue weighted by atomic mass is 16.1. The van der Waals surface area contributed by atoms with E-state index in [4.69, 9.17) is 0 Å². The maximum Gasteiger partial charge on any atom is 0.277 e. The van der Waals surface area contributed by atoms with E-state index in [1.54, 1.807) is 0 Å². The molecule has 0 spiro atoms. The summed E-state index contributed by atoms with van der Waals surface area (Å²) in [6, 6.07) is 13.6. The molecular formula is C16H17N2O+. The van der Waals surface area contributed by atoms with Gasteiger partial charge in [-0.15, -0.1) is 0 Å². The van der Waals surface area contributed by atoms with E-state index in [1.807, 2.05) is 42.6 Å². The van der Waals surface area contributed by atoms with Crippen LogP contribution in [-0.2, 0) is 6.54 Å². The first kappa shape index (κ1) is 11.9. The number of rotatable bonds is 2. The minimum Gasteiger partial charge on any atom is -0.294 e. The molecular weight excluding hydrogens is 236 g/mol. The smallest absolute Gasteiger partial charge is 0.277 e. The van der Waals surface area contributed by atoms with Crippen LogP contribution in [0.3, 0.4) is 0 Å². The van der Waals surface area contributed by atoms with Crippen LogP contribution in [0.4, 0.5) is 5.82 Å². The molecule has 0 amide bonds. The van der Waals surface area contributed by atoms with Gasteiger partial charge in [-0.25, -0.2) is 4.57 Å². The first-order valence-electron chi connectivity index (χ1n) is 6.58. The Bertz CT molecular complexity index is 607. The predicted molar refractivity (Wildman–Crippen MR) is 74.1 cm³/mol. The maximum absolute atomic E-state index is 12.4. The standard InChI is InChI=1S/C16H16N2O/c1-12-6-5-9-18-11-14(10-17-16(12)18)15(19)13-7-3-2-4-8-13/h2-9,14H,10-11H2,1H3/p+1. The molecule has 2 heterocycles. The highest BCUT2D eigenvalue weighted by Crippen LogP contribution is 2.17. The van der Waals surface area contributed by atoms with Crippen molar-refractivity contribution in [1.29, 1.82) is 0 Å². The molecule has 1 aromatic carbocycles. The number of carbonyl (C=O) groups is 1. The topological polar surface area (TPSA) is 33.0 Å². The Morgan fingerprint density at radius 3 is 2.79 bits per heavy atom. The second-order valence-electron chi connectivity index (χ2n) is 5.00. The summed E-state index contributed by atoms with van der Waals surface area (Å²) in [5.74, 6) is 1.34. The fraction of sp³-hybridized carbons (Fsp3) is 0.250. The van der Waals surface area contributed by atoms with Gasteiger partial charge in [0.1, 0.15) is 6.54 Å². The first-order chi connectivity index (χ1) is 9.25. The number of fused-ring (bicyclic) bond motifs is 1. The molecule has 3 heteroatoms. The minimum absolute atomic E-state index is 0.00157. The van der Waals surface area contributed by atoms with Crippen LogP contribution < -0.4 is 9.88 Å². The van der Waals surface area contributed by atoms with Crippen LogP contribution in [-0.4, -0.2) is 12.3 Å². The molecule has 0 saturated carbocycles. The monoisotopic (exact) mass is 253 g/mol. The highest BCUT2D eigenvalue weighted by Gasteiger charge is 2.30. The van der Waals surface area contributed by atoms with Gasteiger partial charge in [-0.2, -0.15) is 0 Å². The van der Waals surface area contributed by atoms with Gasteiger partial charge in [0.25, 0.3) is 5.82 Å². The molecule has 2 aromatic rings. The van der Waals surface area contributed by atoms with Gasteiger partial charge in [0, 0.05) is 11.1 Å². The van der Waals surface area contributed by atoms with Crippen LogP contribution in [0.5, 0.6) is 0 Å². The van der Waals surface area contributed by atoms with Crippen molar-refractivity contribution in [3.8, 4) is 0 Å². The largest absolute Gasteiger partial charge is 0.294 e. The summed E-state index contributed by atoms with van der Waals surface area (Å²) in [7, 11) is 0. The molecule has 0 aliphatic carbocycles. The van der Waals surface area contributed by atoms with Crippen molar-refractivity contribution in [1.82, 2.24) is 0 Å². The molecule has 1 N–H and O–H groups in total. The molecule has 3 rings (SSSR count). The van der Waals surface area contributed by atoms with Crippen molar-refractivity contribution in [3.05, 3.63) is 59.8 Å². The molecule has 0 bridgehead atoms. The number of anilines is 1. The Morgan fingerprint density at radius 2 is 2.00 bits per heavy atom. The average molecular weight is 253 g/mol. The molecule has 1 aliphatic heterocycles. The SMILES string of the molecule is Cc1ccc[n+]2c1NCC(C(=O)c1ccccc1)C2. The Hall–Kier alpha value is -2.16. The van der Waals surface area contributed by atoms with Gasteiger partial charge in [0.05, 0.1) is 18.7 Å². The molecule has 1 aromatic heterocycles. The fourth-order valence-electron chi connectivity index (χ4n) is 2.60. The lowest BCUT2D eigenvalue weighted by Gasteiger charge is -2.21. The summed E-state index contributed by atoms with van der Waals surface area (Å²) in [6.07, 6.45) is 2.03. The number of pyridine rings is 1. The lowest BCUT2D eigenvalue weighted by molar-refractivity contribution is -0.690. The quantitative estimate of drug-likeness (QED) is 0.657. The minimum atomic E-state index is 0.00157. The average Bonchev–Trinajstić information content (AvgIpc) is 2.47. The van der Waals surface area contributed by atoms with Gasteiger partial charge < -0.3 is 0 Å². The van der Waals surface area contributed by atoms with Crippen LogP contribution in [0.25, 0.3) is 0 Å². The number of aromatic nitrogens is 1. The zero-order valence-corrected chi connectivity index (χ0v) is 11.0. The Morgan fingerprint density at radius 1 is 1.21 bits per heavy atom. The van der Waals surface area contributed by atoms with E-state index in [2.05, 4.69) is 22.9 Å². The van der Waals surface area contributed by atoms with Crippen LogP contribution in [0.2, 0.25) is 0 Å². The zero-order chi connectivity index (χ0) is 13.2. The van der Waals surface area contributed by atoms with Gasteiger partial charge >= 0.3 is 0 Å². The zero-order valence-electron chi connectivity index (χ0n) is 11.0. The van der Waals surface area contributed by atoms with Gasteiger partial charge in [-0.05, 0) is 19.1 Å². The lowest BCUT2D eigenvalue weighted by atomic mass is 9.96. The van der Waals surface area contributed by atoms with Crippen LogP contribution in [0.1, 0.15) is 15.9 Å². The summed E-state index contributed by atoms with van der Waals surface area (Å²) in [5, 5.41) is 3.37. The van der Waals surface area contributed by atoms with E-state index >= 15 is 0 Å². The van der Waals surface area contributed by atoms with E-state index in [1.165, 1.54) is 5.56 Å². The summed E-state index contributed by atoms with van der Waals surface area (Å²) in [5.41, 5.74) is 2.01. The molecule has 1 unspecified atom stereocenters. The van der Waals surface area contributed by atoms with Gasteiger partial charge in [0.2, 0.25) is 0 Å². The third-order valence-corrected chi connectivity index (χ3v) is 3.64. The number of aryl methyl sites for hydroxylation is 1. The second-order valence-corrected chi connectivity index (χ2v) is 5.00. The third-order valence-electron chi connectivity index (χ3n) is 3.64. The number of benzene rings is 1. The van der Waals surface area contributed by atoms with Crippen LogP contribution in [0.15, 0.2) is 48.7 Å². The highest BCUT2D eigenvalue weighted by molar-refractivity contribution is 5.98. The number of ketones is 1. The molecule has 0 radical (unpaired) electrons. The summed E-state index contributed by atoms with van der Waals surface area (Å²) < 4.78 is 2.13. The number of nitrogens with one attached hydrogen (secondary N) is 1. The molecule has 96 valence electrons. The van der Waals surface area contributed by atoms with Gasteiger partial charge in [0.15, 0.2) is 5.78 Å². The number of hydrogen-bond acceptors (Lipinski definition) is 2. The molecule has 0 fully saturated rings. The van der Waals surface area contributed by atoms with Crippen LogP contribution >= 0.6 is 0 Å². The Labute approximate surface area is 112 Å². The molecule has 19 heavy (non-hydrogen) atoms.